The fourth-order valence-corrected chi connectivity index (χ4v) is 1.69. The zero-order valence-electron chi connectivity index (χ0n) is 10.6. The number of nitrogens with zero attached hydrogens (tertiary/aromatic N) is 2. The van der Waals surface area contributed by atoms with Crippen LogP contribution in [0.15, 0.2) is 18.3 Å². The molecule has 1 rings (SSSR count). The van der Waals surface area contributed by atoms with E-state index in [1.165, 1.54) is 0 Å². The molecule has 0 aromatic carbocycles. The minimum absolute atomic E-state index is 0.342. The molecule has 5 heteroatoms. The van der Waals surface area contributed by atoms with Crippen LogP contribution in [0.5, 0.6) is 5.88 Å². The highest BCUT2D eigenvalue weighted by Crippen LogP contribution is 2.15. The molecule has 1 N–H and O–H groups in total. The lowest BCUT2D eigenvalue weighted by atomic mass is 10.2. The van der Waals surface area contributed by atoms with Crippen LogP contribution in [0, 0.1) is 0 Å². The molecule has 1 atom stereocenters. The fourth-order valence-electron chi connectivity index (χ4n) is 1.69. The molecule has 0 spiro atoms. The number of aliphatic hydroxyl groups excluding tert-OH is 1. The number of hydrogen-bond donors (Lipinski definition) is 1. The van der Waals surface area contributed by atoms with Gasteiger partial charge in [0.2, 0.25) is 5.88 Å². The average Bonchev–Trinajstić information content (AvgIpc) is 2.29. The summed E-state index contributed by atoms with van der Waals surface area (Å²) in [4.78, 5) is 6.13. The van der Waals surface area contributed by atoms with Gasteiger partial charge >= 0.3 is 0 Å². The van der Waals surface area contributed by atoms with Crippen molar-refractivity contribution in [3.63, 3.8) is 0 Å². The number of hydrogen-bond acceptors (Lipinski definition) is 5. The summed E-state index contributed by atoms with van der Waals surface area (Å²) in [6, 6.07) is 3.84. The number of rotatable bonds is 7. The van der Waals surface area contributed by atoms with Gasteiger partial charge in [-0.15, -0.1) is 0 Å². The maximum Gasteiger partial charge on any atom is 0.217 e. The first-order chi connectivity index (χ1) is 8.17. The second-order valence-corrected chi connectivity index (χ2v) is 3.98. The van der Waals surface area contributed by atoms with Crippen molar-refractivity contribution in [2.24, 2.45) is 0 Å². The number of ether oxygens (including phenoxy) is 2. The van der Waals surface area contributed by atoms with Gasteiger partial charge in [0.15, 0.2) is 0 Å². The average molecular weight is 240 g/mol. The fraction of sp³-hybridized carbons (Fsp3) is 0.583. The first-order valence-corrected chi connectivity index (χ1v) is 5.50. The third-order valence-electron chi connectivity index (χ3n) is 2.37. The van der Waals surface area contributed by atoms with E-state index in [1.807, 2.05) is 24.1 Å². The minimum Gasteiger partial charge on any atom is -0.481 e. The molecule has 0 bridgehead atoms. The summed E-state index contributed by atoms with van der Waals surface area (Å²) < 4.78 is 10.1. The van der Waals surface area contributed by atoms with Gasteiger partial charge in [0, 0.05) is 32.0 Å². The molecular weight excluding hydrogens is 220 g/mol. The third kappa shape index (κ3) is 4.68. The van der Waals surface area contributed by atoms with E-state index >= 15 is 0 Å². The Bertz CT molecular complexity index is 333. The number of aromatic nitrogens is 1. The van der Waals surface area contributed by atoms with Crippen LogP contribution in [-0.4, -0.2) is 55.5 Å². The van der Waals surface area contributed by atoms with Crippen LogP contribution in [-0.2, 0) is 11.3 Å². The van der Waals surface area contributed by atoms with Crippen LogP contribution in [0.4, 0.5) is 0 Å². The zero-order chi connectivity index (χ0) is 12.7. The topological polar surface area (TPSA) is 54.8 Å². The second-order valence-electron chi connectivity index (χ2n) is 3.98. The van der Waals surface area contributed by atoms with E-state index < -0.39 is 6.10 Å². The van der Waals surface area contributed by atoms with Gasteiger partial charge in [-0.3, -0.25) is 4.90 Å². The Balaban J connectivity index is 2.52. The lowest BCUT2D eigenvalue weighted by Crippen LogP contribution is -2.31. The van der Waals surface area contributed by atoms with E-state index in [2.05, 4.69) is 4.98 Å². The number of methoxy groups -OCH3 is 2. The molecule has 0 aliphatic rings. The lowest BCUT2D eigenvalue weighted by Gasteiger charge is -2.20. The van der Waals surface area contributed by atoms with Gasteiger partial charge in [0.25, 0.3) is 0 Å². The van der Waals surface area contributed by atoms with Crippen molar-refractivity contribution >= 4 is 0 Å². The molecule has 17 heavy (non-hydrogen) atoms. The highest BCUT2D eigenvalue weighted by molar-refractivity contribution is 5.25. The number of pyridine rings is 1. The monoisotopic (exact) mass is 240 g/mol. The summed E-state index contributed by atoms with van der Waals surface area (Å²) in [5.74, 6) is 0.626. The van der Waals surface area contributed by atoms with E-state index in [0.717, 1.165) is 5.56 Å². The molecule has 0 aliphatic heterocycles. The standard InChI is InChI=1S/C12H20N2O3/c1-14(8-11(15)9-16-2)7-10-5-4-6-13-12(10)17-3/h4-6,11,15H,7-9H2,1-3H3. The van der Waals surface area contributed by atoms with Crippen LogP contribution in [0.1, 0.15) is 5.56 Å². The van der Waals surface area contributed by atoms with Crippen molar-refractivity contribution < 1.29 is 14.6 Å². The maximum atomic E-state index is 9.61. The van der Waals surface area contributed by atoms with E-state index in [1.54, 1.807) is 20.4 Å². The summed E-state index contributed by atoms with van der Waals surface area (Å²) in [5.41, 5.74) is 1.00. The molecule has 0 aliphatic carbocycles. The molecule has 0 fully saturated rings. The van der Waals surface area contributed by atoms with Crippen molar-refractivity contribution in [1.29, 1.82) is 0 Å². The van der Waals surface area contributed by atoms with Gasteiger partial charge in [0.1, 0.15) is 0 Å². The summed E-state index contributed by atoms with van der Waals surface area (Å²) >= 11 is 0. The Hall–Kier alpha value is -1.17. The Kier molecular flexibility index (Phi) is 5.90. The van der Waals surface area contributed by atoms with Gasteiger partial charge in [0.05, 0.1) is 19.8 Å². The quantitative estimate of drug-likeness (QED) is 0.753. The van der Waals surface area contributed by atoms with Crippen LogP contribution in [0.2, 0.25) is 0 Å². The molecule has 0 radical (unpaired) electrons. The Labute approximate surface area is 102 Å². The molecule has 1 aromatic heterocycles. The molecule has 0 amide bonds. The van der Waals surface area contributed by atoms with Crippen molar-refractivity contribution in [3.05, 3.63) is 23.9 Å². The first-order valence-electron chi connectivity index (χ1n) is 5.50. The Morgan fingerprint density at radius 2 is 2.24 bits per heavy atom. The summed E-state index contributed by atoms with van der Waals surface area (Å²) in [7, 11) is 5.12. The van der Waals surface area contributed by atoms with E-state index in [4.69, 9.17) is 9.47 Å². The summed E-state index contributed by atoms with van der Waals surface area (Å²) in [6.07, 6.45) is 1.22. The summed E-state index contributed by atoms with van der Waals surface area (Å²) in [5, 5.41) is 9.61. The molecule has 5 nitrogen and oxygen atoms in total. The molecular formula is C12H20N2O3. The molecule has 1 aromatic rings. The molecule has 0 saturated carbocycles. The zero-order valence-corrected chi connectivity index (χ0v) is 10.6. The highest BCUT2D eigenvalue weighted by Gasteiger charge is 2.10. The first kappa shape index (κ1) is 13.9. The highest BCUT2D eigenvalue weighted by atomic mass is 16.5. The van der Waals surface area contributed by atoms with Crippen LogP contribution < -0.4 is 4.74 Å². The Morgan fingerprint density at radius 3 is 2.88 bits per heavy atom. The summed E-state index contributed by atoms with van der Waals surface area (Å²) in [6.45, 7) is 1.57. The number of aliphatic hydroxyl groups is 1. The van der Waals surface area contributed by atoms with Gasteiger partial charge in [-0.05, 0) is 13.1 Å². The van der Waals surface area contributed by atoms with Gasteiger partial charge < -0.3 is 14.6 Å². The Morgan fingerprint density at radius 1 is 1.47 bits per heavy atom. The molecule has 1 heterocycles. The van der Waals surface area contributed by atoms with Crippen molar-refractivity contribution in [3.8, 4) is 5.88 Å². The van der Waals surface area contributed by atoms with Crippen LogP contribution in [0.3, 0.4) is 0 Å². The van der Waals surface area contributed by atoms with Crippen molar-refractivity contribution in [2.75, 3.05) is 34.4 Å². The van der Waals surface area contributed by atoms with E-state index in [-0.39, 0.29) is 0 Å². The van der Waals surface area contributed by atoms with Crippen molar-refractivity contribution in [2.45, 2.75) is 12.6 Å². The van der Waals surface area contributed by atoms with Gasteiger partial charge in [-0.25, -0.2) is 4.98 Å². The predicted molar refractivity (Wildman–Crippen MR) is 65.0 cm³/mol. The predicted octanol–water partition coefficient (Wildman–Crippen LogP) is 0.529. The van der Waals surface area contributed by atoms with Gasteiger partial charge in [-0.2, -0.15) is 0 Å². The van der Waals surface area contributed by atoms with Crippen LogP contribution in [0.25, 0.3) is 0 Å². The van der Waals surface area contributed by atoms with Gasteiger partial charge in [-0.1, -0.05) is 6.07 Å². The molecule has 96 valence electrons. The van der Waals surface area contributed by atoms with E-state index in [9.17, 15) is 5.11 Å². The third-order valence-corrected chi connectivity index (χ3v) is 2.37. The molecule has 1 unspecified atom stereocenters. The SMILES string of the molecule is COCC(O)CN(C)Cc1cccnc1OC. The lowest BCUT2D eigenvalue weighted by molar-refractivity contribution is 0.0417. The smallest absolute Gasteiger partial charge is 0.217 e. The normalized spacial score (nSPS) is 12.8. The number of likely N-dealkylation sites (N-methyl/N-ethyl adjacent to an activating group) is 1. The van der Waals surface area contributed by atoms with Crippen LogP contribution >= 0.6 is 0 Å². The minimum atomic E-state index is -0.479. The largest absolute Gasteiger partial charge is 0.481 e. The van der Waals surface area contributed by atoms with E-state index in [0.29, 0.717) is 25.6 Å². The molecule has 0 saturated heterocycles. The van der Waals surface area contributed by atoms with Crippen molar-refractivity contribution in [1.82, 2.24) is 9.88 Å². The maximum absolute atomic E-state index is 9.61. The second kappa shape index (κ2) is 7.21.